The fourth-order valence-electron chi connectivity index (χ4n) is 3.05. The number of likely N-dealkylation sites (N-methyl/N-ethyl adjacent to an activating group) is 1. The van der Waals surface area contributed by atoms with E-state index in [2.05, 4.69) is 15.5 Å². The highest BCUT2D eigenvalue weighted by Crippen LogP contribution is 2.27. The number of benzene rings is 1. The number of rotatable bonds is 4. The Balaban J connectivity index is 0.00000264. The Hall–Kier alpha value is -0.810. The summed E-state index contributed by atoms with van der Waals surface area (Å²) in [5.41, 5.74) is 2.83. The molecule has 0 bridgehead atoms. The lowest BCUT2D eigenvalue weighted by Gasteiger charge is -2.26. The maximum Gasteiger partial charge on any atom is 0.238 e. The minimum atomic E-state index is -0.00596. The summed E-state index contributed by atoms with van der Waals surface area (Å²) in [5.74, 6) is -0.00596. The number of aryl methyl sites for hydroxylation is 2. The van der Waals surface area contributed by atoms with Gasteiger partial charge in [-0.25, -0.2) is 0 Å². The monoisotopic (exact) mass is 359 g/mol. The van der Waals surface area contributed by atoms with Crippen molar-refractivity contribution >= 4 is 35.6 Å². The van der Waals surface area contributed by atoms with E-state index in [1.54, 1.807) is 0 Å². The van der Waals surface area contributed by atoms with Crippen molar-refractivity contribution in [1.82, 2.24) is 10.2 Å². The summed E-state index contributed by atoms with van der Waals surface area (Å²) in [4.78, 5) is 14.5. The zero-order valence-corrected chi connectivity index (χ0v) is 15.7. The van der Waals surface area contributed by atoms with Gasteiger partial charge in [0.1, 0.15) is 0 Å². The summed E-state index contributed by atoms with van der Waals surface area (Å²) in [7, 11) is 2.03. The van der Waals surface area contributed by atoms with E-state index in [1.807, 2.05) is 33.0 Å². The van der Waals surface area contributed by atoms with Gasteiger partial charge < -0.3 is 10.6 Å². The third-order valence-corrected chi connectivity index (χ3v) is 4.56. The fraction of sp³-hybridized carbons (Fsp3) is 0.588. The van der Waals surface area contributed by atoms with Crippen LogP contribution in [-0.2, 0) is 4.79 Å². The Labute approximate surface area is 150 Å². The average molecular weight is 360 g/mol. The van der Waals surface area contributed by atoms with Crippen LogP contribution in [0, 0.1) is 13.8 Å². The Morgan fingerprint density at radius 1 is 1.35 bits per heavy atom. The van der Waals surface area contributed by atoms with Crippen LogP contribution in [0.4, 0.5) is 5.69 Å². The van der Waals surface area contributed by atoms with Gasteiger partial charge in [-0.3, -0.25) is 9.69 Å². The summed E-state index contributed by atoms with van der Waals surface area (Å²) >= 11 is 6.25. The van der Waals surface area contributed by atoms with Crippen LogP contribution in [-0.4, -0.2) is 43.5 Å². The van der Waals surface area contributed by atoms with Crippen molar-refractivity contribution in [3.05, 3.63) is 28.3 Å². The summed E-state index contributed by atoms with van der Waals surface area (Å²) < 4.78 is 0. The van der Waals surface area contributed by atoms with Gasteiger partial charge in [-0.1, -0.05) is 17.7 Å². The molecule has 23 heavy (non-hydrogen) atoms. The molecule has 0 radical (unpaired) electrons. The molecule has 0 spiro atoms. The molecule has 1 aromatic carbocycles. The van der Waals surface area contributed by atoms with Crippen LogP contribution in [0.2, 0.25) is 5.02 Å². The van der Waals surface area contributed by atoms with Crippen LogP contribution in [0.5, 0.6) is 0 Å². The van der Waals surface area contributed by atoms with Gasteiger partial charge >= 0.3 is 0 Å². The molecule has 4 nitrogen and oxygen atoms in total. The second-order valence-electron chi connectivity index (χ2n) is 6.24. The summed E-state index contributed by atoms with van der Waals surface area (Å²) in [6.07, 6.45) is 3.40. The number of hydrogen-bond donors (Lipinski definition) is 2. The molecule has 1 fully saturated rings. The van der Waals surface area contributed by atoms with E-state index >= 15 is 0 Å². The van der Waals surface area contributed by atoms with E-state index in [0.29, 0.717) is 17.6 Å². The highest BCUT2D eigenvalue weighted by molar-refractivity contribution is 6.34. The van der Waals surface area contributed by atoms with Crippen LogP contribution in [0.15, 0.2) is 12.1 Å². The predicted molar refractivity (Wildman–Crippen MR) is 99.9 cm³/mol. The number of halogens is 2. The first-order valence-electron chi connectivity index (χ1n) is 7.95. The lowest BCUT2D eigenvalue weighted by molar-refractivity contribution is -0.117. The molecule has 6 heteroatoms. The van der Waals surface area contributed by atoms with Gasteiger partial charge in [-0.15, -0.1) is 12.4 Å². The molecule has 1 atom stereocenters. The number of carbonyl (C=O) groups excluding carboxylic acids is 1. The SMILES string of the molecule is Cc1cc(C)c(NC(=O)CN(C)C2CCCNCC2)c(Cl)c1.Cl. The van der Waals surface area contributed by atoms with E-state index in [9.17, 15) is 4.79 Å². The molecule has 130 valence electrons. The second-order valence-corrected chi connectivity index (χ2v) is 6.64. The number of nitrogens with zero attached hydrogens (tertiary/aromatic N) is 1. The molecule has 2 rings (SSSR count). The van der Waals surface area contributed by atoms with E-state index in [4.69, 9.17) is 11.6 Å². The number of carbonyl (C=O) groups is 1. The molecule has 1 heterocycles. The smallest absolute Gasteiger partial charge is 0.238 e. The largest absolute Gasteiger partial charge is 0.323 e. The normalized spacial score (nSPS) is 18.2. The highest BCUT2D eigenvalue weighted by atomic mass is 35.5. The summed E-state index contributed by atoms with van der Waals surface area (Å²) in [6.45, 7) is 6.47. The first-order chi connectivity index (χ1) is 10.5. The lowest BCUT2D eigenvalue weighted by atomic mass is 10.1. The molecule has 1 aromatic rings. The molecule has 2 N–H and O–H groups in total. The van der Waals surface area contributed by atoms with E-state index < -0.39 is 0 Å². The van der Waals surface area contributed by atoms with Crippen LogP contribution in [0.1, 0.15) is 30.4 Å². The van der Waals surface area contributed by atoms with Gasteiger partial charge in [0.25, 0.3) is 0 Å². The van der Waals surface area contributed by atoms with Crippen molar-refractivity contribution < 1.29 is 4.79 Å². The maximum absolute atomic E-state index is 12.3. The fourth-order valence-corrected chi connectivity index (χ4v) is 3.42. The lowest BCUT2D eigenvalue weighted by Crippen LogP contribution is -2.38. The second kappa shape index (κ2) is 9.48. The molecular formula is C17H27Cl2N3O. The third-order valence-electron chi connectivity index (χ3n) is 4.26. The van der Waals surface area contributed by atoms with E-state index in [-0.39, 0.29) is 18.3 Å². The Kier molecular flexibility index (Phi) is 8.34. The van der Waals surface area contributed by atoms with Crippen LogP contribution < -0.4 is 10.6 Å². The highest BCUT2D eigenvalue weighted by Gasteiger charge is 2.19. The van der Waals surface area contributed by atoms with Gasteiger partial charge in [-0.2, -0.15) is 0 Å². The van der Waals surface area contributed by atoms with Gasteiger partial charge in [0.05, 0.1) is 17.3 Å². The van der Waals surface area contributed by atoms with Gasteiger partial charge in [0.2, 0.25) is 5.91 Å². The molecule has 0 aromatic heterocycles. The van der Waals surface area contributed by atoms with Crippen molar-refractivity contribution in [2.75, 3.05) is 32.0 Å². The van der Waals surface area contributed by atoms with Crippen LogP contribution in [0.25, 0.3) is 0 Å². The molecule has 1 amide bonds. The predicted octanol–water partition coefficient (Wildman–Crippen LogP) is 3.39. The third kappa shape index (κ3) is 5.96. The molecule has 1 aliphatic rings. The zero-order valence-electron chi connectivity index (χ0n) is 14.1. The Morgan fingerprint density at radius 3 is 2.78 bits per heavy atom. The Morgan fingerprint density at radius 2 is 2.09 bits per heavy atom. The number of amides is 1. The van der Waals surface area contributed by atoms with Crippen molar-refractivity contribution in [3.8, 4) is 0 Å². The summed E-state index contributed by atoms with van der Waals surface area (Å²) in [6, 6.07) is 4.38. The van der Waals surface area contributed by atoms with Gasteiger partial charge in [-0.05, 0) is 70.4 Å². The minimum Gasteiger partial charge on any atom is -0.323 e. The average Bonchev–Trinajstić information content (AvgIpc) is 2.71. The Bertz CT molecular complexity index is 506. The number of anilines is 1. The van der Waals surface area contributed by atoms with Crippen molar-refractivity contribution in [2.24, 2.45) is 0 Å². The van der Waals surface area contributed by atoms with Crippen LogP contribution >= 0.6 is 24.0 Å². The molecule has 0 aliphatic carbocycles. The molecule has 0 saturated carbocycles. The van der Waals surface area contributed by atoms with Gasteiger partial charge in [0.15, 0.2) is 0 Å². The van der Waals surface area contributed by atoms with E-state index in [1.165, 1.54) is 6.42 Å². The van der Waals surface area contributed by atoms with Crippen molar-refractivity contribution in [2.45, 2.75) is 39.2 Å². The van der Waals surface area contributed by atoms with Gasteiger partial charge in [0, 0.05) is 6.04 Å². The molecule has 1 saturated heterocycles. The van der Waals surface area contributed by atoms with Crippen LogP contribution in [0.3, 0.4) is 0 Å². The van der Waals surface area contributed by atoms with E-state index in [0.717, 1.165) is 42.7 Å². The number of hydrogen-bond acceptors (Lipinski definition) is 3. The number of nitrogens with one attached hydrogen (secondary N) is 2. The molecule has 1 unspecified atom stereocenters. The first-order valence-corrected chi connectivity index (χ1v) is 8.32. The van der Waals surface area contributed by atoms with Crippen molar-refractivity contribution in [1.29, 1.82) is 0 Å². The topological polar surface area (TPSA) is 44.4 Å². The maximum atomic E-state index is 12.3. The minimum absolute atomic E-state index is 0. The molecular weight excluding hydrogens is 333 g/mol. The zero-order chi connectivity index (χ0) is 16.1. The quantitative estimate of drug-likeness (QED) is 0.865. The summed E-state index contributed by atoms with van der Waals surface area (Å²) in [5, 5.41) is 6.97. The standard InChI is InChI=1S/C17H26ClN3O.ClH/c1-12-9-13(2)17(15(18)10-12)20-16(22)11-21(3)14-5-4-7-19-8-6-14;/h9-10,14,19H,4-8,11H2,1-3H3,(H,20,22);1H. The first kappa shape index (κ1) is 20.2. The molecule has 1 aliphatic heterocycles. The van der Waals surface area contributed by atoms with Crippen molar-refractivity contribution in [3.63, 3.8) is 0 Å².